The van der Waals surface area contributed by atoms with E-state index in [2.05, 4.69) is 4.72 Å². The third-order valence-corrected chi connectivity index (χ3v) is 7.19. The Balaban J connectivity index is 1.70. The second-order valence-electron chi connectivity index (χ2n) is 6.16. The van der Waals surface area contributed by atoms with Gasteiger partial charge in [0, 0.05) is 25.6 Å². The van der Waals surface area contributed by atoms with E-state index in [4.69, 9.17) is 5.73 Å². The number of nitrogens with zero attached hydrogens (tertiary/aromatic N) is 1. The van der Waals surface area contributed by atoms with E-state index in [1.807, 2.05) is 4.90 Å². The van der Waals surface area contributed by atoms with Crippen LogP contribution in [0, 0.1) is 0 Å². The maximum Gasteiger partial charge on any atom is 0.250 e. The van der Waals surface area contributed by atoms with Crippen molar-refractivity contribution in [2.75, 3.05) is 19.6 Å². The fourth-order valence-corrected chi connectivity index (χ4v) is 5.19. The number of nitrogens with one attached hydrogen (secondary N) is 1. The van der Waals surface area contributed by atoms with E-state index in [1.54, 1.807) is 17.5 Å². The fourth-order valence-electron chi connectivity index (χ4n) is 2.87. The third-order valence-electron chi connectivity index (χ3n) is 4.27. The van der Waals surface area contributed by atoms with Crippen LogP contribution in [-0.2, 0) is 14.8 Å². The van der Waals surface area contributed by atoms with Crippen molar-refractivity contribution in [1.29, 1.82) is 0 Å². The summed E-state index contributed by atoms with van der Waals surface area (Å²) in [6.45, 7) is 1.96. The van der Waals surface area contributed by atoms with Crippen LogP contribution in [0.1, 0.15) is 44.9 Å². The maximum absolute atomic E-state index is 12.2. The van der Waals surface area contributed by atoms with Crippen LogP contribution in [0.5, 0.6) is 0 Å². The molecule has 1 aromatic rings. The van der Waals surface area contributed by atoms with Gasteiger partial charge in [-0.15, -0.1) is 11.3 Å². The quantitative estimate of drug-likeness (QED) is 0.647. The van der Waals surface area contributed by atoms with Gasteiger partial charge in [0.05, 0.1) is 0 Å². The summed E-state index contributed by atoms with van der Waals surface area (Å²) in [4.78, 5) is 14.0. The first kappa shape index (κ1) is 19.4. The van der Waals surface area contributed by atoms with Gasteiger partial charge in [0.1, 0.15) is 4.21 Å². The SMILES string of the molecule is NCCCCCCC(=O)N1CCC(NS(=O)(=O)c2cccs2)CC1. The lowest BCUT2D eigenvalue weighted by molar-refractivity contribution is -0.132. The molecule has 6 nitrogen and oxygen atoms in total. The monoisotopic (exact) mass is 373 g/mol. The first-order valence-corrected chi connectivity index (χ1v) is 10.9. The Kier molecular flexibility index (Phi) is 7.67. The van der Waals surface area contributed by atoms with Crippen molar-refractivity contribution >= 4 is 27.3 Å². The number of carbonyl (C=O) groups is 1. The number of hydrogen-bond acceptors (Lipinski definition) is 5. The first-order chi connectivity index (χ1) is 11.5. The lowest BCUT2D eigenvalue weighted by atomic mass is 10.1. The zero-order valence-electron chi connectivity index (χ0n) is 13.9. The van der Waals surface area contributed by atoms with Crippen LogP contribution < -0.4 is 10.5 Å². The number of hydrogen-bond donors (Lipinski definition) is 2. The van der Waals surface area contributed by atoms with Gasteiger partial charge in [0.15, 0.2) is 0 Å². The highest BCUT2D eigenvalue weighted by atomic mass is 32.2. The molecule has 0 radical (unpaired) electrons. The standard InChI is InChI=1S/C16H27N3O3S2/c17-10-4-2-1-3-6-15(20)19-11-8-14(9-12-19)18-24(21,22)16-7-5-13-23-16/h5,7,13-14,18H,1-4,6,8-12,17H2. The zero-order valence-corrected chi connectivity index (χ0v) is 15.6. The molecule has 1 amide bonds. The fraction of sp³-hybridized carbons (Fsp3) is 0.688. The van der Waals surface area contributed by atoms with Crippen LogP contribution in [0.25, 0.3) is 0 Å². The van der Waals surface area contributed by atoms with E-state index in [0.29, 0.717) is 43.1 Å². The summed E-state index contributed by atoms with van der Waals surface area (Å²) < 4.78 is 27.5. The predicted molar refractivity (Wildman–Crippen MR) is 96.4 cm³/mol. The van der Waals surface area contributed by atoms with Crippen LogP contribution in [0.15, 0.2) is 21.7 Å². The van der Waals surface area contributed by atoms with Gasteiger partial charge in [-0.25, -0.2) is 13.1 Å². The Morgan fingerprint density at radius 1 is 1.25 bits per heavy atom. The first-order valence-electron chi connectivity index (χ1n) is 8.56. The molecule has 0 spiro atoms. The summed E-state index contributed by atoms with van der Waals surface area (Å²) in [5.74, 6) is 0.183. The lowest BCUT2D eigenvalue weighted by Gasteiger charge is -2.32. The van der Waals surface area contributed by atoms with Crippen LogP contribution in [0.3, 0.4) is 0 Å². The molecule has 1 saturated heterocycles. The summed E-state index contributed by atoms with van der Waals surface area (Å²) in [7, 11) is -3.42. The molecule has 1 aliphatic rings. The molecule has 0 aromatic carbocycles. The van der Waals surface area contributed by atoms with E-state index < -0.39 is 10.0 Å². The Bertz CT molecular complexity index is 594. The van der Waals surface area contributed by atoms with E-state index in [1.165, 1.54) is 11.3 Å². The molecular formula is C16H27N3O3S2. The number of carbonyl (C=O) groups excluding carboxylic acids is 1. The highest BCUT2D eigenvalue weighted by molar-refractivity contribution is 7.91. The average Bonchev–Trinajstić information content (AvgIpc) is 3.10. The minimum absolute atomic E-state index is 0.0919. The van der Waals surface area contributed by atoms with Gasteiger partial charge in [-0.1, -0.05) is 18.9 Å². The smallest absolute Gasteiger partial charge is 0.250 e. The number of rotatable bonds is 9. The highest BCUT2D eigenvalue weighted by Crippen LogP contribution is 2.19. The molecule has 3 N–H and O–H groups in total. The van der Waals surface area contributed by atoms with Crippen LogP contribution in [0.2, 0.25) is 0 Å². The van der Waals surface area contributed by atoms with Crippen LogP contribution in [0.4, 0.5) is 0 Å². The molecule has 0 aliphatic carbocycles. The molecule has 0 saturated carbocycles. The molecule has 2 heterocycles. The van der Waals surface area contributed by atoms with E-state index in [0.717, 1.165) is 25.7 Å². The van der Waals surface area contributed by atoms with Gasteiger partial charge >= 0.3 is 0 Å². The molecule has 24 heavy (non-hydrogen) atoms. The van der Waals surface area contributed by atoms with Crippen molar-refractivity contribution in [2.45, 2.75) is 55.2 Å². The zero-order chi connectivity index (χ0) is 17.4. The number of nitrogens with two attached hydrogens (primary N) is 1. The second-order valence-corrected chi connectivity index (χ2v) is 9.05. The summed E-state index contributed by atoms with van der Waals surface area (Å²) >= 11 is 1.22. The van der Waals surface area contributed by atoms with Gasteiger partial charge < -0.3 is 10.6 Å². The normalized spacial score (nSPS) is 16.5. The minimum Gasteiger partial charge on any atom is -0.343 e. The third kappa shape index (κ3) is 5.84. The molecular weight excluding hydrogens is 346 g/mol. The molecule has 0 bridgehead atoms. The minimum atomic E-state index is -3.42. The van der Waals surface area contributed by atoms with Gasteiger partial charge in [-0.05, 0) is 43.7 Å². The van der Waals surface area contributed by atoms with Crippen molar-refractivity contribution in [3.8, 4) is 0 Å². The summed E-state index contributed by atoms with van der Waals surface area (Å²) in [6, 6.07) is 3.25. The van der Waals surface area contributed by atoms with Gasteiger partial charge in [0.25, 0.3) is 0 Å². The predicted octanol–water partition coefficient (Wildman–Crippen LogP) is 1.93. The molecule has 136 valence electrons. The number of unbranched alkanes of at least 4 members (excludes halogenated alkanes) is 3. The molecule has 1 aromatic heterocycles. The number of sulfonamides is 1. The molecule has 8 heteroatoms. The van der Waals surface area contributed by atoms with E-state index in [9.17, 15) is 13.2 Å². The molecule has 0 atom stereocenters. The molecule has 1 aliphatic heterocycles. The van der Waals surface area contributed by atoms with Gasteiger partial charge in [-0.3, -0.25) is 4.79 Å². The number of likely N-dealkylation sites (tertiary alicyclic amines) is 1. The summed E-state index contributed by atoms with van der Waals surface area (Å²) in [5, 5.41) is 1.75. The maximum atomic E-state index is 12.2. The summed E-state index contributed by atoms with van der Waals surface area (Å²) in [6.07, 6.45) is 5.97. The van der Waals surface area contributed by atoms with E-state index >= 15 is 0 Å². The Morgan fingerprint density at radius 2 is 1.96 bits per heavy atom. The number of amides is 1. The highest BCUT2D eigenvalue weighted by Gasteiger charge is 2.26. The van der Waals surface area contributed by atoms with E-state index in [-0.39, 0.29) is 11.9 Å². The Labute approximate surface area is 148 Å². The number of piperidine rings is 1. The molecule has 0 unspecified atom stereocenters. The van der Waals surface area contributed by atoms with Crippen molar-refractivity contribution in [1.82, 2.24) is 9.62 Å². The summed E-state index contributed by atoms with van der Waals surface area (Å²) in [5.41, 5.74) is 5.45. The van der Waals surface area contributed by atoms with Crippen molar-refractivity contribution in [2.24, 2.45) is 5.73 Å². The van der Waals surface area contributed by atoms with Crippen molar-refractivity contribution in [3.05, 3.63) is 17.5 Å². The Morgan fingerprint density at radius 3 is 2.58 bits per heavy atom. The van der Waals surface area contributed by atoms with Gasteiger partial charge in [-0.2, -0.15) is 0 Å². The molecule has 2 rings (SSSR count). The van der Waals surface area contributed by atoms with Crippen LogP contribution >= 0.6 is 11.3 Å². The Hall–Kier alpha value is -0.960. The average molecular weight is 374 g/mol. The largest absolute Gasteiger partial charge is 0.343 e. The lowest BCUT2D eigenvalue weighted by Crippen LogP contribution is -2.46. The number of thiophene rings is 1. The van der Waals surface area contributed by atoms with Crippen LogP contribution in [-0.4, -0.2) is 44.9 Å². The topological polar surface area (TPSA) is 92.5 Å². The second kappa shape index (κ2) is 9.50. The van der Waals surface area contributed by atoms with Crippen molar-refractivity contribution < 1.29 is 13.2 Å². The molecule has 1 fully saturated rings. The van der Waals surface area contributed by atoms with Gasteiger partial charge in [0.2, 0.25) is 15.9 Å². The van der Waals surface area contributed by atoms with Crippen molar-refractivity contribution in [3.63, 3.8) is 0 Å².